The van der Waals surface area contributed by atoms with Crippen LogP contribution in [0.4, 0.5) is 0 Å². The van der Waals surface area contributed by atoms with Crippen LogP contribution in [0.15, 0.2) is 24.5 Å². The van der Waals surface area contributed by atoms with Crippen LogP contribution in [0.25, 0.3) is 0 Å². The molecule has 28 heavy (non-hydrogen) atoms. The van der Waals surface area contributed by atoms with E-state index in [2.05, 4.69) is 10.3 Å². The standard InChI is InChI=1S/C21H28N4O3/c1-15(26)25-13-17-20(5-6-21(17,14-25)19(28)22-2)7-11-24(12-8-20)18(27)16-3-9-23-10-4-16/h3-4,9-10,17H,5-8,11-14H2,1-2H3,(H,22,28)/t17-,21+/m0/s1. The lowest BCUT2D eigenvalue weighted by atomic mass is 9.65. The highest BCUT2D eigenvalue weighted by Gasteiger charge is 2.64. The van der Waals surface area contributed by atoms with Crippen molar-refractivity contribution in [1.29, 1.82) is 0 Å². The Morgan fingerprint density at radius 2 is 1.75 bits per heavy atom. The first-order chi connectivity index (χ1) is 13.4. The number of hydrogen-bond acceptors (Lipinski definition) is 4. The van der Waals surface area contributed by atoms with Gasteiger partial charge in [0.15, 0.2) is 0 Å². The molecule has 7 nitrogen and oxygen atoms in total. The summed E-state index contributed by atoms with van der Waals surface area (Å²) in [6, 6.07) is 3.50. The molecule has 1 aliphatic carbocycles. The van der Waals surface area contributed by atoms with Gasteiger partial charge in [-0.15, -0.1) is 0 Å². The molecule has 1 spiro atoms. The quantitative estimate of drug-likeness (QED) is 0.833. The second-order valence-electron chi connectivity index (χ2n) is 8.58. The van der Waals surface area contributed by atoms with Gasteiger partial charge in [-0.2, -0.15) is 0 Å². The fraction of sp³-hybridized carbons (Fsp3) is 0.619. The van der Waals surface area contributed by atoms with E-state index in [1.165, 1.54) is 0 Å². The Morgan fingerprint density at radius 1 is 1.07 bits per heavy atom. The number of likely N-dealkylation sites (tertiary alicyclic amines) is 2. The van der Waals surface area contributed by atoms with E-state index in [9.17, 15) is 14.4 Å². The average Bonchev–Trinajstić information content (AvgIpc) is 3.26. The minimum atomic E-state index is -0.475. The van der Waals surface area contributed by atoms with Crippen molar-refractivity contribution in [3.63, 3.8) is 0 Å². The smallest absolute Gasteiger partial charge is 0.253 e. The molecule has 150 valence electrons. The van der Waals surface area contributed by atoms with Crippen molar-refractivity contribution in [2.45, 2.75) is 32.6 Å². The molecule has 1 aromatic heterocycles. The summed E-state index contributed by atoms with van der Waals surface area (Å²) in [7, 11) is 1.69. The molecule has 1 saturated carbocycles. The molecule has 3 heterocycles. The van der Waals surface area contributed by atoms with E-state index >= 15 is 0 Å². The molecule has 1 N–H and O–H groups in total. The third-order valence-corrected chi connectivity index (χ3v) is 7.45. The van der Waals surface area contributed by atoms with E-state index in [1.54, 1.807) is 38.5 Å². The lowest BCUT2D eigenvalue weighted by Crippen LogP contribution is -2.49. The summed E-state index contributed by atoms with van der Waals surface area (Å²) < 4.78 is 0. The van der Waals surface area contributed by atoms with Crippen molar-refractivity contribution in [2.24, 2.45) is 16.7 Å². The van der Waals surface area contributed by atoms with Gasteiger partial charge in [0.1, 0.15) is 0 Å². The number of amides is 3. The minimum Gasteiger partial charge on any atom is -0.359 e. The van der Waals surface area contributed by atoms with Crippen molar-refractivity contribution < 1.29 is 14.4 Å². The first kappa shape index (κ1) is 18.9. The number of aromatic nitrogens is 1. The van der Waals surface area contributed by atoms with Gasteiger partial charge in [-0.1, -0.05) is 0 Å². The first-order valence-corrected chi connectivity index (χ1v) is 10.1. The van der Waals surface area contributed by atoms with Gasteiger partial charge >= 0.3 is 0 Å². The number of piperidine rings is 1. The summed E-state index contributed by atoms with van der Waals surface area (Å²) in [6.07, 6.45) is 6.87. The topological polar surface area (TPSA) is 82.6 Å². The predicted octanol–water partition coefficient (Wildman–Crippen LogP) is 1.31. The van der Waals surface area contributed by atoms with Crippen molar-refractivity contribution in [3.8, 4) is 0 Å². The number of fused-ring (bicyclic) bond motifs is 2. The Morgan fingerprint density at radius 3 is 2.36 bits per heavy atom. The van der Waals surface area contributed by atoms with Crippen LogP contribution in [0.1, 0.15) is 43.0 Å². The zero-order valence-electron chi connectivity index (χ0n) is 16.6. The van der Waals surface area contributed by atoms with Gasteiger partial charge in [-0.3, -0.25) is 19.4 Å². The van der Waals surface area contributed by atoms with Crippen LogP contribution < -0.4 is 5.32 Å². The molecule has 2 saturated heterocycles. The van der Waals surface area contributed by atoms with Crippen molar-refractivity contribution in [3.05, 3.63) is 30.1 Å². The van der Waals surface area contributed by atoms with Gasteiger partial charge in [0.05, 0.1) is 5.41 Å². The van der Waals surface area contributed by atoms with Gasteiger partial charge in [-0.05, 0) is 49.1 Å². The number of rotatable bonds is 2. The van der Waals surface area contributed by atoms with Gasteiger partial charge in [0, 0.05) is 58.1 Å². The summed E-state index contributed by atoms with van der Waals surface area (Å²) >= 11 is 0. The molecule has 0 unspecified atom stereocenters. The van der Waals surface area contributed by atoms with E-state index in [4.69, 9.17) is 0 Å². The molecular weight excluding hydrogens is 356 g/mol. The average molecular weight is 384 g/mol. The predicted molar refractivity (Wildman–Crippen MR) is 103 cm³/mol. The van der Waals surface area contributed by atoms with Gasteiger partial charge in [0.25, 0.3) is 5.91 Å². The lowest BCUT2D eigenvalue weighted by molar-refractivity contribution is -0.133. The maximum atomic E-state index is 12.8. The third-order valence-electron chi connectivity index (χ3n) is 7.45. The monoisotopic (exact) mass is 384 g/mol. The summed E-state index contributed by atoms with van der Waals surface area (Å²) in [4.78, 5) is 45.4. The maximum Gasteiger partial charge on any atom is 0.253 e. The Labute approximate surface area is 165 Å². The Bertz CT molecular complexity index is 788. The fourth-order valence-electron chi connectivity index (χ4n) is 5.85. The maximum absolute atomic E-state index is 12.8. The number of carbonyl (C=O) groups is 3. The molecule has 2 aliphatic heterocycles. The van der Waals surface area contributed by atoms with Crippen LogP contribution in [-0.4, -0.2) is 65.7 Å². The number of nitrogens with zero attached hydrogens (tertiary/aromatic N) is 3. The Hall–Kier alpha value is -2.44. The zero-order valence-corrected chi connectivity index (χ0v) is 16.6. The van der Waals surface area contributed by atoms with Gasteiger partial charge in [-0.25, -0.2) is 0 Å². The molecular formula is C21H28N4O3. The molecule has 3 aliphatic rings. The van der Waals surface area contributed by atoms with Crippen LogP contribution in [0.3, 0.4) is 0 Å². The van der Waals surface area contributed by atoms with Crippen molar-refractivity contribution in [2.75, 3.05) is 33.2 Å². The summed E-state index contributed by atoms with van der Waals surface area (Å²) in [5.74, 6) is 0.318. The van der Waals surface area contributed by atoms with Crippen LogP contribution in [-0.2, 0) is 9.59 Å². The fourth-order valence-corrected chi connectivity index (χ4v) is 5.85. The van der Waals surface area contributed by atoms with Crippen LogP contribution >= 0.6 is 0 Å². The van der Waals surface area contributed by atoms with Crippen LogP contribution in [0, 0.1) is 16.7 Å². The molecule has 3 amide bonds. The van der Waals surface area contributed by atoms with Crippen molar-refractivity contribution >= 4 is 17.7 Å². The summed E-state index contributed by atoms with van der Waals surface area (Å²) in [5, 5.41) is 2.85. The highest BCUT2D eigenvalue weighted by atomic mass is 16.2. The lowest BCUT2D eigenvalue weighted by Gasteiger charge is -2.44. The number of pyridine rings is 1. The second-order valence-corrected chi connectivity index (χ2v) is 8.58. The number of carbonyl (C=O) groups excluding carboxylic acids is 3. The van der Waals surface area contributed by atoms with E-state index in [1.807, 2.05) is 9.80 Å². The molecule has 1 aromatic rings. The van der Waals surface area contributed by atoms with Crippen molar-refractivity contribution in [1.82, 2.24) is 20.1 Å². The molecule has 3 fully saturated rings. The normalized spacial score (nSPS) is 28.3. The highest BCUT2D eigenvalue weighted by molar-refractivity contribution is 5.94. The van der Waals surface area contributed by atoms with Crippen LogP contribution in [0.5, 0.6) is 0 Å². The largest absolute Gasteiger partial charge is 0.359 e. The molecule has 7 heteroatoms. The van der Waals surface area contributed by atoms with Crippen LogP contribution in [0.2, 0.25) is 0 Å². The molecule has 0 bridgehead atoms. The van der Waals surface area contributed by atoms with E-state index in [-0.39, 0.29) is 29.1 Å². The SMILES string of the molecule is CNC(=O)[C@@]12CCC3(CCN(C(=O)c4ccncc4)CC3)[C@@H]1CN(C(C)=O)C2. The highest BCUT2D eigenvalue weighted by Crippen LogP contribution is 2.62. The zero-order chi connectivity index (χ0) is 19.9. The van der Waals surface area contributed by atoms with E-state index < -0.39 is 5.41 Å². The molecule has 0 aromatic carbocycles. The third kappa shape index (κ3) is 2.79. The minimum absolute atomic E-state index is 0.0335. The van der Waals surface area contributed by atoms with E-state index in [0.717, 1.165) is 25.7 Å². The Balaban J connectivity index is 1.53. The number of hydrogen-bond donors (Lipinski definition) is 1. The Kier molecular flexibility index (Phi) is 4.63. The van der Waals surface area contributed by atoms with Gasteiger partial charge < -0.3 is 15.1 Å². The molecule has 2 atom stereocenters. The van der Waals surface area contributed by atoms with Gasteiger partial charge in [0.2, 0.25) is 11.8 Å². The second kappa shape index (κ2) is 6.87. The van der Waals surface area contributed by atoms with E-state index in [0.29, 0.717) is 31.7 Å². The summed E-state index contributed by atoms with van der Waals surface area (Å²) in [6.45, 7) is 4.15. The molecule has 4 rings (SSSR count). The summed E-state index contributed by atoms with van der Waals surface area (Å²) in [5.41, 5.74) is 0.226. The molecule has 0 radical (unpaired) electrons. The first-order valence-electron chi connectivity index (χ1n) is 10.1. The number of nitrogens with one attached hydrogen (secondary N) is 1.